The van der Waals surface area contributed by atoms with Crippen LogP contribution in [-0.4, -0.2) is 30.6 Å². The van der Waals surface area contributed by atoms with Crippen molar-refractivity contribution in [3.63, 3.8) is 0 Å². The first kappa shape index (κ1) is 15.4. The number of aromatic carboxylic acids is 1. The quantitative estimate of drug-likeness (QED) is 0.598. The monoisotopic (exact) mass is 334 g/mol. The van der Waals surface area contributed by atoms with E-state index in [9.17, 15) is 4.79 Å². The fourth-order valence-electron chi connectivity index (χ4n) is 3.20. The van der Waals surface area contributed by atoms with Gasteiger partial charge in [0.15, 0.2) is 5.65 Å². The molecular formula is C19H18N4O2. The van der Waals surface area contributed by atoms with E-state index >= 15 is 0 Å². The van der Waals surface area contributed by atoms with Crippen LogP contribution in [0.5, 0.6) is 0 Å². The van der Waals surface area contributed by atoms with Crippen LogP contribution in [0, 0.1) is 6.92 Å². The largest absolute Gasteiger partial charge is 0.477 e. The van der Waals surface area contributed by atoms with Crippen molar-refractivity contribution in [3.8, 4) is 0 Å². The van der Waals surface area contributed by atoms with Gasteiger partial charge in [0.1, 0.15) is 17.0 Å². The molecule has 0 atom stereocenters. The Kier molecular flexibility index (Phi) is 3.53. The zero-order valence-corrected chi connectivity index (χ0v) is 14.1. The lowest BCUT2D eigenvalue weighted by molar-refractivity contribution is 0.0691. The molecule has 0 saturated heterocycles. The van der Waals surface area contributed by atoms with Crippen LogP contribution < -0.4 is 0 Å². The van der Waals surface area contributed by atoms with Crippen LogP contribution in [0.2, 0.25) is 0 Å². The number of carboxylic acids is 1. The number of nitrogens with zero attached hydrogens (tertiary/aromatic N) is 3. The Labute approximate surface area is 144 Å². The summed E-state index contributed by atoms with van der Waals surface area (Å²) in [5, 5.41) is 10.0. The second-order valence-electron chi connectivity index (χ2n) is 6.18. The minimum atomic E-state index is -0.953. The minimum Gasteiger partial charge on any atom is -0.477 e. The summed E-state index contributed by atoms with van der Waals surface area (Å²) in [6, 6.07) is 9.57. The first-order valence-electron chi connectivity index (χ1n) is 8.22. The number of nitrogens with one attached hydrogen (secondary N) is 1. The van der Waals surface area contributed by atoms with Crippen molar-refractivity contribution in [2.45, 2.75) is 26.8 Å². The van der Waals surface area contributed by atoms with Crippen molar-refractivity contribution >= 4 is 28.0 Å². The lowest BCUT2D eigenvalue weighted by Gasteiger charge is -2.08. The van der Waals surface area contributed by atoms with Gasteiger partial charge in [-0.2, -0.15) is 0 Å². The molecule has 3 aromatic heterocycles. The van der Waals surface area contributed by atoms with E-state index in [0.717, 1.165) is 45.4 Å². The van der Waals surface area contributed by atoms with Gasteiger partial charge in [0.25, 0.3) is 0 Å². The van der Waals surface area contributed by atoms with Crippen LogP contribution in [0.25, 0.3) is 22.1 Å². The first-order chi connectivity index (χ1) is 12.1. The van der Waals surface area contributed by atoms with Crippen molar-refractivity contribution in [1.82, 2.24) is 19.5 Å². The predicted octanol–water partition coefficient (Wildman–Crippen LogP) is 3.53. The van der Waals surface area contributed by atoms with Crippen LogP contribution >= 0.6 is 0 Å². The molecule has 0 unspecified atom stereocenters. The summed E-state index contributed by atoms with van der Waals surface area (Å²) in [7, 11) is 0. The third kappa shape index (κ3) is 2.55. The predicted molar refractivity (Wildman–Crippen MR) is 96.0 cm³/mol. The number of carbonyl (C=O) groups is 1. The summed E-state index contributed by atoms with van der Waals surface area (Å²) in [5.74, 6) is 0.0449. The number of aryl methyl sites for hydroxylation is 2. The molecule has 126 valence electrons. The van der Waals surface area contributed by atoms with E-state index in [-0.39, 0.29) is 5.69 Å². The second kappa shape index (κ2) is 5.73. The molecule has 0 aliphatic heterocycles. The third-order valence-corrected chi connectivity index (χ3v) is 4.49. The topological polar surface area (TPSA) is 83.8 Å². The molecule has 1 aromatic carbocycles. The zero-order valence-electron chi connectivity index (χ0n) is 14.1. The molecule has 4 aromatic rings. The maximum absolute atomic E-state index is 11.1. The Morgan fingerprint density at radius 2 is 2.12 bits per heavy atom. The lowest BCUT2D eigenvalue weighted by atomic mass is 10.1. The number of hydrogen-bond donors (Lipinski definition) is 2. The number of aromatic nitrogens is 4. The zero-order chi connectivity index (χ0) is 17.6. The van der Waals surface area contributed by atoms with Gasteiger partial charge in [-0.15, -0.1) is 0 Å². The van der Waals surface area contributed by atoms with Gasteiger partial charge in [0, 0.05) is 23.5 Å². The summed E-state index contributed by atoms with van der Waals surface area (Å²) < 4.78 is 2.13. The highest BCUT2D eigenvalue weighted by molar-refractivity contribution is 5.93. The van der Waals surface area contributed by atoms with E-state index in [1.54, 1.807) is 6.07 Å². The van der Waals surface area contributed by atoms with Gasteiger partial charge in [0.05, 0.1) is 6.54 Å². The number of fused-ring (bicyclic) bond motifs is 2. The number of hydrogen-bond acceptors (Lipinski definition) is 3. The highest BCUT2D eigenvalue weighted by Crippen LogP contribution is 2.22. The second-order valence-corrected chi connectivity index (χ2v) is 6.18. The van der Waals surface area contributed by atoms with Crippen molar-refractivity contribution in [2.75, 3.05) is 0 Å². The number of carboxylic acid groups (broad SMARTS) is 1. The summed E-state index contributed by atoms with van der Waals surface area (Å²) in [4.78, 5) is 23.3. The summed E-state index contributed by atoms with van der Waals surface area (Å²) in [6.07, 6.45) is 2.63. The van der Waals surface area contributed by atoms with E-state index in [1.165, 1.54) is 0 Å². The van der Waals surface area contributed by atoms with E-state index in [2.05, 4.69) is 21.5 Å². The minimum absolute atomic E-state index is 0.201. The number of imidazole rings is 1. The first-order valence-corrected chi connectivity index (χ1v) is 8.22. The molecule has 0 bridgehead atoms. The van der Waals surface area contributed by atoms with E-state index in [4.69, 9.17) is 10.1 Å². The summed E-state index contributed by atoms with van der Waals surface area (Å²) in [6.45, 7) is 4.78. The average Bonchev–Trinajstić information content (AvgIpc) is 3.17. The highest BCUT2D eigenvalue weighted by Gasteiger charge is 2.13. The molecule has 0 aliphatic carbocycles. The van der Waals surface area contributed by atoms with Crippen molar-refractivity contribution in [3.05, 3.63) is 59.2 Å². The fraction of sp³-hybridized carbons (Fsp3) is 0.211. The molecule has 6 nitrogen and oxygen atoms in total. The standard InChI is InChI=1S/C19H18N4O2/c1-3-16-22-17-11(2)6-7-20-18(17)23(16)10-12-4-5-14-13(8-12)9-15(21-14)19(24)25/h4-9,21H,3,10H2,1-2H3,(H,24,25). The SMILES string of the molecule is CCc1nc2c(C)ccnc2n1Cc1ccc2[nH]c(C(=O)O)cc2c1. The van der Waals surface area contributed by atoms with Crippen LogP contribution in [0.3, 0.4) is 0 Å². The Morgan fingerprint density at radius 3 is 2.88 bits per heavy atom. The molecule has 4 rings (SSSR count). The Balaban J connectivity index is 1.79. The number of H-pyrrole nitrogens is 1. The molecular weight excluding hydrogens is 316 g/mol. The maximum Gasteiger partial charge on any atom is 0.352 e. The van der Waals surface area contributed by atoms with Crippen LogP contribution in [-0.2, 0) is 13.0 Å². The number of benzene rings is 1. The molecule has 0 fully saturated rings. The highest BCUT2D eigenvalue weighted by atomic mass is 16.4. The molecule has 3 heterocycles. The van der Waals surface area contributed by atoms with Crippen LogP contribution in [0.4, 0.5) is 0 Å². The summed E-state index contributed by atoms with van der Waals surface area (Å²) >= 11 is 0. The smallest absolute Gasteiger partial charge is 0.352 e. The van der Waals surface area contributed by atoms with Gasteiger partial charge in [-0.1, -0.05) is 13.0 Å². The average molecular weight is 334 g/mol. The number of rotatable bonds is 4. The van der Waals surface area contributed by atoms with Crippen molar-refractivity contribution in [2.24, 2.45) is 0 Å². The molecule has 0 aliphatic rings. The molecule has 6 heteroatoms. The molecule has 0 radical (unpaired) electrons. The summed E-state index contributed by atoms with van der Waals surface area (Å²) in [5.41, 5.74) is 5.05. The van der Waals surface area contributed by atoms with E-state index in [1.807, 2.05) is 37.4 Å². The van der Waals surface area contributed by atoms with Crippen molar-refractivity contribution in [1.29, 1.82) is 0 Å². The normalized spacial score (nSPS) is 11.4. The molecule has 25 heavy (non-hydrogen) atoms. The van der Waals surface area contributed by atoms with Gasteiger partial charge in [-0.3, -0.25) is 0 Å². The Morgan fingerprint density at radius 1 is 1.28 bits per heavy atom. The van der Waals surface area contributed by atoms with Gasteiger partial charge >= 0.3 is 5.97 Å². The molecule has 0 amide bonds. The number of pyridine rings is 1. The van der Waals surface area contributed by atoms with E-state index in [0.29, 0.717) is 6.54 Å². The van der Waals surface area contributed by atoms with Gasteiger partial charge in [0.2, 0.25) is 0 Å². The van der Waals surface area contributed by atoms with E-state index < -0.39 is 5.97 Å². The fourth-order valence-corrected chi connectivity index (χ4v) is 3.20. The maximum atomic E-state index is 11.1. The van der Waals surface area contributed by atoms with Gasteiger partial charge in [-0.25, -0.2) is 14.8 Å². The van der Waals surface area contributed by atoms with Gasteiger partial charge < -0.3 is 14.7 Å². The van der Waals surface area contributed by atoms with Gasteiger partial charge in [-0.05, 0) is 42.3 Å². The molecule has 0 saturated carbocycles. The van der Waals surface area contributed by atoms with Crippen LogP contribution in [0.15, 0.2) is 36.5 Å². The van der Waals surface area contributed by atoms with Crippen molar-refractivity contribution < 1.29 is 9.90 Å². The Hall–Kier alpha value is -3.15. The number of aromatic amines is 1. The molecule has 0 spiro atoms. The third-order valence-electron chi connectivity index (χ3n) is 4.49. The van der Waals surface area contributed by atoms with Crippen LogP contribution in [0.1, 0.15) is 34.4 Å². The Bertz CT molecular complexity index is 1110. The lowest BCUT2D eigenvalue weighted by Crippen LogP contribution is -2.05. The molecule has 2 N–H and O–H groups in total.